The molecule has 0 bridgehead atoms. The van der Waals surface area contributed by atoms with Crippen LogP contribution in [0.4, 0.5) is 5.69 Å². The number of methoxy groups -OCH3 is 1. The fourth-order valence-electron chi connectivity index (χ4n) is 2.33. The highest BCUT2D eigenvalue weighted by Crippen LogP contribution is 2.33. The highest BCUT2D eigenvalue weighted by molar-refractivity contribution is 6.30. The zero-order valence-corrected chi connectivity index (χ0v) is 11.1. The number of hydrogen-bond acceptors (Lipinski definition) is 3. The molecule has 0 aromatic heterocycles. The van der Waals surface area contributed by atoms with Crippen molar-refractivity contribution in [2.24, 2.45) is 0 Å². The Morgan fingerprint density at radius 3 is 3.06 bits per heavy atom. The molecular formula is C13H19ClN2O. The van der Waals surface area contributed by atoms with Gasteiger partial charge < -0.3 is 15.0 Å². The molecule has 3 nitrogen and oxygen atoms in total. The molecule has 94 valence electrons. The van der Waals surface area contributed by atoms with Crippen molar-refractivity contribution in [1.82, 2.24) is 5.32 Å². The first-order valence-corrected chi connectivity index (χ1v) is 6.45. The molecule has 1 aromatic rings. The van der Waals surface area contributed by atoms with Gasteiger partial charge in [0.25, 0.3) is 0 Å². The lowest BCUT2D eigenvalue weighted by molar-refractivity contribution is 0.405. The second-order valence-corrected chi connectivity index (χ2v) is 4.71. The lowest BCUT2D eigenvalue weighted by Crippen LogP contribution is -2.51. The number of nitrogens with zero attached hydrogens (tertiary/aromatic N) is 1. The average Bonchev–Trinajstić information content (AvgIpc) is 2.38. The Bertz CT molecular complexity index is 384. The molecule has 0 radical (unpaired) electrons. The molecule has 0 aliphatic carbocycles. The van der Waals surface area contributed by atoms with E-state index < -0.39 is 0 Å². The van der Waals surface area contributed by atoms with Crippen molar-refractivity contribution in [1.29, 1.82) is 0 Å². The Morgan fingerprint density at radius 1 is 1.53 bits per heavy atom. The first kappa shape index (κ1) is 12.5. The Morgan fingerprint density at radius 2 is 2.35 bits per heavy atom. The number of benzene rings is 1. The summed E-state index contributed by atoms with van der Waals surface area (Å²) in [6.07, 6.45) is 1.11. The van der Waals surface area contributed by atoms with Gasteiger partial charge in [-0.3, -0.25) is 0 Å². The van der Waals surface area contributed by atoms with Crippen molar-refractivity contribution in [3.63, 3.8) is 0 Å². The van der Waals surface area contributed by atoms with Crippen LogP contribution in [0.3, 0.4) is 0 Å². The van der Waals surface area contributed by atoms with Crippen LogP contribution in [0.1, 0.15) is 13.3 Å². The van der Waals surface area contributed by atoms with Crippen LogP contribution in [0.5, 0.6) is 5.75 Å². The predicted octanol–water partition coefficient (Wildman–Crippen LogP) is 2.54. The minimum Gasteiger partial charge on any atom is -0.495 e. The van der Waals surface area contributed by atoms with E-state index in [9.17, 15) is 0 Å². The maximum Gasteiger partial charge on any atom is 0.142 e. The standard InChI is InChI=1S/C13H19ClN2O/c1-3-11-9-15-6-7-16(11)12-8-10(14)4-5-13(12)17-2/h4-5,8,11,15H,3,6-7,9H2,1-2H3. The number of piperazine rings is 1. The van der Waals surface area contributed by atoms with E-state index in [1.165, 1.54) is 0 Å². The summed E-state index contributed by atoms with van der Waals surface area (Å²) in [6.45, 7) is 5.23. The lowest BCUT2D eigenvalue weighted by atomic mass is 10.1. The van der Waals surface area contributed by atoms with Gasteiger partial charge in [-0.25, -0.2) is 0 Å². The summed E-state index contributed by atoms with van der Waals surface area (Å²) < 4.78 is 5.43. The number of halogens is 1. The second-order valence-electron chi connectivity index (χ2n) is 4.28. The Labute approximate surface area is 108 Å². The first-order valence-electron chi connectivity index (χ1n) is 6.07. The van der Waals surface area contributed by atoms with Gasteiger partial charge in [0.05, 0.1) is 12.8 Å². The van der Waals surface area contributed by atoms with E-state index in [2.05, 4.69) is 17.1 Å². The van der Waals surface area contributed by atoms with Crippen LogP contribution in [0.2, 0.25) is 5.02 Å². The minimum absolute atomic E-state index is 0.510. The normalized spacial score (nSPS) is 20.4. The smallest absolute Gasteiger partial charge is 0.142 e. The van der Waals surface area contributed by atoms with Gasteiger partial charge in [0.15, 0.2) is 0 Å². The number of ether oxygens (including phenoxy) is 1. The second kappa shape index (κ2) is 5.61. The van der Waals surface area contributed by atoms with Gasteiger partial charge in [0.1, 0.15) is 5.75 Å². The maximum atomic E-state index is 6.09. The van der Waals surface area contributed by atoms with Crippen LogP contribution >= 0.6 is 11.6 Å². The summed E-state index contributed by atoms with van der Waals surface area (Å²) >= 11 is 6.09. The van der Waals surface area contributed by atoms with E-state index in [1.807, 2.05) is 18.2 Å². The van der Waals surface area contributed by atoms with Crippen molar-refractivity contribution in [3.8, 4) is 5.75 Å². The summed E-state index contributed by atoms with van der Waals surface area (Å²) in [5.41, 5.74) is 1.10. The van der Waals surface area contributed by atoms with Crippen LogP contribution in [-0.2, 0) is 0 Å². The molecule has 0 amide bonds. The molecule has 0 spiro atoms. The van der Waals surface area contributed by atoms with Gasteiger partial charge in [-0.15, -0.1) is 0 Å². The third-order valence-electron chi connectivity index (χ3n) is 3.27. The Hall–Kier alpha value is -0.930. The average molecular weight is 255 g/mol. The zero-order valence-electron chi connectivity index (χ0n) is 10.4. The van der Waals surface area contributed by atoms with E-state index in [-0.39, 0.29) is 0 Å². The van der Waals surface area contributed by atoms with Gasteiger partial charge >= 0.3 is 0 Å². The molecule has 1 aliphatic heterocycles. The highest BCUT2D eigenvalue weighted by atomic mass is 35.5. The molecule has 1 fully saturated rings. The van der Waals surface area contributed by atoms with E-state index in [0.29, 0.717) is 6.04 Å². The van der Waals surface area contributed by atoms with Gasteiger partial charge in [0.2, 0.25) is 0 Å². The van der Waals surface area contributed by atoms with Crippen LogP contribution in [-0.4, -0.2) is 32.8 Å². The summed E-state index contributed by atoms with van der Waals surface area (Å²) in [5, 5.41) is 4.18. The summed E-state index contributed by atoms with van der Waals surface area (Å²) in [6, 6.07) is 6.31. The molecule has 0 saturated carbocycles. The summed E-state index contributed by atoms with van der Waals surface area (Å²) in [7, 11) is 1.70. The molecule has 1 saturated heterocycles. The van der Waals surface area contributed by atoms with Crippen LogP contribution in [0.25, 0.3) is 0 Å². The number of nitrogens with one attached hydrogen (secondary N) is 1. The molecule has 1 aromatic carbocycles. The number of hydrogen-bond donors (Lipinski definition) is 1. The van der Waals surface area contributed by atoms with Gasteiger partial charge in [-0.05, 0) is 24.6 Å². The minimum atomic E-state index is 0.510. The van der Waals surface area contributed by atoms with Gasteiger partial charge in [-0.2, -0.15) is 0 Å². The van der Waals surface area contributed by atoms with Crippen LogP contribution in [0, 0.1) is 0 Å². The molecular weight excluding hydrogens is 236 g/mol. The van der Waals surface area contributed by atoms with E-state index in [1.54, 1.807) is 7.11 Å². The Balaban J connectivity index is 2.33. The SMILES string of the molecule is CCC1CNCCN1c1cc(Cl)ccc1OC. The van der Waals surface area contributed by atoms with Crippen LogP contribution in [0.15, 0.2) is 18.2 Å². The largest absolute Gasteiger partial charge is 0.495 e. The molecule has 1 atom stereocenters. The van der Waals surface area contributed by atoms with E-state index in [4.69, 9.17) is 16.3 Å². The van der Waals surface area contributed by atoms with Crippen molar-refractivity contribution in [2.45, 2.75) is 19.4 Å². The topological polar surface area (TPSA) is 24.5 Å². The fourth-order valence-corrected chi connectivity index (χ4v) is 2.50. The van der Waals surface area contributed by atoms with E-state index >= 15 is 0 Å². The van der Waals surface area contributed by atoms with Crippen molar-refractivity contribution < 1.29 is 4.74 Å². The van der Waals surface area contributed by atoms with Crippen LogP contribution < -0.4 is 15.0 Å². The molecule has 1 N–H and O–H groups in total. The predicted molar refractivity (Wildman–Crippen MR) is 72.3 cm³/mol. The third kappa shape index (κ3) is 2.67. The molecule has 1 unspecified atom stereocenters. The molecule has 2 rings (SSSR count). The molecule has 1 heterocycles. The molecule has 1 aliphatic rings. The summed E-state index contributed by atoms with van der Waals surface area (Å²) in [5.74, 6) is 0.898. The fraction of sp³-hybridized carbons (Fsp3) is 0.538. The third-order valence-corrected chi connectivity index (χ3v) is 3.51. The zero-order chi connectivity index (χ0) is 12.3. The quantitative estimate of drug-likeness (QED) is 0.897. The maximum absolute atomic E-state index is 6.09. The van der Waals surface area contributed by atoms with Crippen molar-refractivity contribution in [3.05, 3.63) is 23.2 Å². The van der Waals surface area contributed by atoms with Gasteiger partial charge in [0, 0.05) is 30.7 Å². The van der Waals surface area contributed by atoms with Crippen molar-refractivity contribution in [2.75, 3.05) is 31.6 Å². The van der Waals surface area contributed by atoms with E-state index in [0.717, 1.165) is 42.5 Å². The molecule has 4 heteroatoms. The first-order chi connectivity index (χ1) is 8.26. The number of anilines is 1. The Kier molecular flexibility index (Phi) is 4.13. The van der Waals surface area contributed by atoms with Gasteiger partial charge in [-0.1, -0.05) is 18.5 Å². The van der Waals surface area contributed by atoms with Crippen molar-refractivity contribution >= 4 is 17.3 Å². The number of rotatable bonds is 3. The lowest BCUT2D eigenvalue weighted by Gasteiger charge is -2.38. The highest BCUT2D eigenvalue weighted by Gasteiger charge is 2.23. The monoisotopic (exact) mass is 254 g/mol. The molecule has 17 heavy (non-hydrogen) atoms. The summed E-state index contributed by atoms with van der Waals surface area (Å²) in [4.78, 5) is 2.39.